The standard InChI is InChI=1S/C17H18N2O/c1-12(2)8-9-14(10-18)16-11-19(13(3)20)17-7-5-4-6-15(16)17/h4-8,11,14H,9H2,1-3H3. The van der Waals surface area contributed by atoms with Gasteiger partial charge < -0.3 is 0 Å². The van der Waals surface area contributed by atoms with Crippen LogP contribution in [-0.4, -0.2) is 10.5 Å². The summed E-state index contributed by atoms with van der Waals surface area (Å²) in [6.45, 7) is 5.58. The summed E-state index contributed by atoms with van der Waals surface area (Å²) in [5.41, 5.74) is 2.99. The molecule has 0 radical (unpaired) electrons. The summed E-state index contributed by atoms with van der Waals surface area (Å²) in [5, 5.41) is 10.4. The lowest BCUT2D eigenvalue weighted by Gasteiger charge is -2.05. The molecule has 0 saturated carbocycles. The molecule has 2 rings (SSSR count). The predicted octanol–water partition coefficient (Wildman–Crippen LogP) is 4.26. The Hall–Kier alpha value is -2.34. The van der Waals surface area contributed by atoms with Gasteiger partial charge in [0.1, 0.15) is 0 Å². The molecule has 0 fully saturated rings. The van der Waals surface area contributed by atoms with Crippen molar-refractivity contribution < 1.29 is 4.79 Å². The lowest BCUT2D eigenvalue weighted by molar-refractivity contribution is 0.0941. The summed E-state index contributed by atoms with van der Waals surface area (Å²) in [7, 11) is 0. The van der Waals surface area contributed by atoms with E-state index >= 15 is 0 Å². The van der Waals surface area contributed by atoms with Crippen molar-refractivity contribution in [2.75, 3.05) is 0 Å². The van der Waals surface area contributed by atoms with Crippen molar-refractivity contribution in [3.63, 3.8) is 0 Å². The van der Waals surface area contributed by atoms with Crippen LogP contribution in [0.15, 0.2) is 42.1 Å². The van der Waals surface area contributed by atoms with Gasteiger partial charge in [0.15, 0.2) is 0 Å². The van der Waals surface area contributed by atoms with E-state index in [0.29, 0.717) is 6.42 Å². The van der Waals surface area contributed by atoms with E-state index in [1.165, 1.54) is 12.5 Å². The van der Waals surface area contributed by atoms with Crippen LogP contribution in [0.2, 0.25) is 0 Å². The summed E-state index contributed by atoms with van der Waals surface area (Å²) in [6.07, 6.45) is 4.54. The number of hydrogen-bond acceptors (Lipinski definition) is 2. The molecule has 1 aromatic heterocycles. The van der Waals surface area contributed by atoms with E-state index in [4.69, 9.17) is 0 Å². The van der Waals surface area contributed by atoms with Crippen LogP contribution in [0.3, 0.4) is 0 Å². The minimum Gasteiger partial charge on any atom is -0.287 e. The van der Waals surface area contributed by atoms with E-state index in [-0.39, 0.29) is 11.8 Å². The second kappa shape index (κ2) is 5.75. The second-order valence-electron chi connectivity index (χ2n) is 5.19. The average Bonchev–Trinajstić information content (AvgIpc) is 2.79. The van der Waals surface area contributed by atoms with E-state index in [1.807, 2.05) is 38.1 Å². The van der Waals surface area contributed by atoms with Crippen LogP contribution >= 0.6 is 0 Å². The number of hydrogen-bond donors (Lipinski definition) is 0. The number of carbonyl (C=O) groups excluding carboxylic acids is 1. The Labute approximate surface area is 119 Å². The quantitative estimate of drug-likeness (QED) is 0.779. The van der Waals surface area contributed by atoms with E-state index in [2.05, 4.69) is 12.1 Å². The largest absolute Gasteiger partial charge is 0.287 e. The molecule has 0 aliphatic rings. The summed E-state index contributed by atoms with van der Waals surface area (Å²) in [5.74, 6) is -0.262. The fourth-order valence-electron chi connectivity index (χ4n) is 2.35. The fraction of sp³-hybridized carbons (Fsp3) is 0.294. The second-order valence-corrected chi connectivity index (χ2v) is 5.19. The number of fused-ring (bicyclic) bond motifs is 1. The maximum atomic E-state index is 11.7. The van der Waals surface area contributed by atoms with Gasteiger partial charge in [-0.15, -0.1) is 0 Å². The van der Waals surface area contributed by atoms with Crippen LogP contribution in [0.25, 0.3) is 10.9 Å². The van der Waals surface area contributed by atoms with Crippen LogP contribution in [0.1, 0.15) is 43.5 Å². The van der Waals surface area contributed by atoms with E-state index in [0.717, 1.165) is 16.5 Å². The van der Waals surface area contributed by atoms with Gasteiger partial charge in [-0.05, 0) is 31.9 Å². The number of benzene rings is 1. The summed E-state index contributed by atoms with van der Waals surface area (Å²) < 4.78 is 1.62. The Kier molecular flexibility index (Phi) is 4.05. The zero-order valence-electron chi connectivity index (χ0n) is 12.1. The van der Waals surface area contributed by atoms with Crippen molar-refractivity contribution in [2.24, 2.45) is 0 Å². The molecule has 0 aliphatic carbocycles. The van der Waals surface area contributed by atoms with Gasteiger partial charge in [0.25, 0.3) is 0 Å². The highest BCUT2D eigenvalue weighted by atomic mass is 16.1. The summed E-state index contributed by atoms with van der Waals surface area (Å²) in [4.78, 5) is 11.7. The minimum atomic E-state index is -0.226. The number of rotatable bonds is 3. The molecule has 0 aliphatic heterocycles. The molecule has 102 valence electrons. The van der Waals surface area contributed by atoms with Crippen molar-refractivity contribution in [1.29, 1.82) is 5.26 Å². The normalized spacial score (nSPS) is 11.9. The molecule has 2 aromatic rings. The molecular formula is C17H18N2O. The Morgan fingerprint density at radius 1 is 1.35 bits per heavy atom. The van der Waals surface area contributed by atoms with E-state index in [1.54, 1.807) is 10.8 Å². The first-order chi connectivity index (χ1) is 9.54. The van der Waals surface area contributed by atoms with Crippen LogP contribution in [0.4, 0.5) is 0 Å². The Balaban J connectivity index is 2.56. The Morgan fingerprint density at radius 3 is 2.65 bits per heavy atom. The molecule has 1 aromatic carbocycles. The molecule has 0 N–H and O–H groups in total. The third-order valence-corrected chi connectivity index (χ3v) is 3.38. The van der Waals surface area contributed by atoms with Gasteiger partial charge in [0.2, 0.25) is 5.91 Å². The maximum absolute atomic E-state index is 11.7. The molecule has 3 nitrogen and oxygen atoms in total. The molecular weight excluding hydrogens is 248 g/mol. The monoisotopic (exact) mass is 266 g/mol. The van der Waals surface area contributed by atoms with Crippen molar-refractivity contribution in [1.82, 2.24) is 4.57 Å². The molecule has 0 saturated heterocycles. The summed E-state index contributed by atoms with van der Waals surface area (Å²) >= 11 is 0. The number of para-hydroxylation sites is 1. The lowest BCUT2D eigenvalue weighted by atomic mass is 9.96. The van der Waals surface area contributed by atoms with Crippen LogP contribution in [0.5, 0.6) is 0 Å². The first kappa shape index (κ1) is 14.1. The smallest absolute Gasteiger partial charge is 0.227 e. The predicted molar refractivity (Wildman–Crippen MR) is 80.6 cm³/mol. The van der Waals surface area contributed by atoms with Crippen molar-refractivity contribution in [3.8, 4) is 6.07 Å². The zero-order valence-corrected chi connectivity index (χ0v) is 12.1. The average molecular weight is 266 g/mol. The SMILES string of the molecule is CC(=O)n1cc(C(C#N)CC=C(C)C)c2ccccc21. The van der Waals surface area contributed by atoms with Crippen molar-refractivity contribution >= 4 is 16.8 Å². The highest BCUT2D eigenvalue weighted by Crippen LogP contribution is 2.30. The number of nitrogens with zero attached hydrogens (tertiary/aromatic N) is 2. The lowest BCUT2D eigenvalue weighted by Crippen LogP contribution is -2.03. The molecule has 3 heteroatoms. The fourth-order valence-corrected chi connectivity index (χ4v) is 2.35. The van der Waals surface area contributed by atoms with E-state index < -0.39 is 0 Å². The molecule has 0 bridgehead atoms. The first-order valence-electron chi connectivity index (χ1n) is 6.68. The van der Waals surface area contributed by atoms with Crippen molar-refractivity contribution in [2.45, 2.75) is 33.1 Å². The Morgan fingerprint density at radius 2 is 2.05 bits per heavy atom. The van der Waals surface area contributed by atoms with Crippen LogP contribution < -0.4 is 0 Å². The van der Waals surface area contributed by atoms with Gasteiger partial charge in [-0.3, -0.25) is 9.36 Å². The number of aromatic nitrogens is 1. The zero-order chi connectivity index (χ0) is 14.7. The molecule has 1 unspecified atom stereocenters. The Bertz CT molecular complexity index is 712. The van der Waals surface area contributed by atoms with Crippen LogP contribution in [0, 0.1) is 11.3 Å². The maximum Gasteiger partial charge on any atom is 0.227 e. The number of carbonyl (C=O) groups is 1. The van der Waals surface area contributed by atoms with Crippen LogP contribution in [-0.2, 0) is 0 Å². The third-order valence-electron chi connectivity index (χ3n) is 3.38. The molecule has 0 spiro atoms. The number of allylic oxidation sites excluding steroid dienone is 2. The van der Waals surface area contributed by atoms with Gasteiger partial charge in [-0.25, -0.2) is 0 Å². The highest BCUT2D eigenvalue weighted by molar-refractivity contribution is 5.94. The topological polar surface area (TPSA) is 45.8 Å². The molecule has 1 heterocycles. The van der Waals surface area contributed by atoms with Gasteiger partial charge >= 0.3 is 0 Å². The van der Waals surface area contributed by atoms with Gasteiger partial charge in [-0.1, -0.05) is 29.8 Å². The van der Waals surface area contributed by atoms with Gasteiger partial charge in [0.05, 0.1) is 17.5 Å². The van der Waals surface area contributed by atoms with Gasteiger partial charge in [-0.2, -0.15) is 5.26 Å². The van der Waals surface area contributed by atoms with E-state index in [9.17, 15) is 10.1 Å². The minimum absolute atomic E-state index is 0.0358. The molecule has 20 heavy (non-hydrogen) atoms. The molecule has 0 amide bonds. The first-order valence-corrected chi connectivity index (χ1v) is 6.68. The number of nitriles is 1. The van der Waals surface area contributed by atoms with Crippen molar-refractivity contribution in [3.05, 3.63) is 47.7 Å². The molecule has 1 atom stereocenters. The summed E-state index contributed by atoms with van der Waals surface area (Å²) in [6, 6.07) is 10.1. The third kappa shape index (κ3) is 2.65. The van der Waals surface area contributed by atoms with Gasteiger partial charge in [0, 0.05) is 18.5 Å². The highest BCUT2D eigenvalue weighted by Gasteiger charge is 2.17.